The number of carbonyl (C=O) groups excluding carboxylic acids is 4. The van der Waals surface area contributed by atoms with E-state index in [0.717, 1.165) is 11.0 Å². The monoisotopic (exact) mass is 750 g/mol. The van der Waals surface area contributed by atoms with Crippen molar-refractivity contribution in [2.24, 2.45) is 17.8 Å². The van der Waals surface area contributed by atoms with Gasteiger partial charge in [-0.3, -0.25) is 24.1 Å². The van der Waals surface area contributed by atoms with E-state index in [4.69, 9.17) is 27.9 Å². The molecule has 3 aromatic rings. The van der Waals surface area contributed by atoms with Crippen LogP contribution in [0.1, 0.15) is 29.9 Å². The number of imide groups is 2. The maximum absolute atomic E-state index is 15.2. The van der Waals surface area contributed by atoms with Gasteiger partial charge in [-0.1, -0.05) is 29.8 Å². The van der Waals surface area contributed by atoms with Gasteiger partial charge in [0.2, 0.25) is 17.6 Å². The fraction of sp³-hybridized carbons (Fsp3) is 0.314. The Labute approximate surface area is 295 Å². The van der Waals surface area contributed by atoms with E-state index in [1.807, 2.05) is 0 Å². The van der Waals surface area contributed by atoms with Gasteiger partial charge in [0, 0.05) is 12.5 Å². The fourth-order valence-electron chi connectivity index (χ4n) is 8.02. The molecule has 2 heterocycles. The number of aromatic hydroxyl groups is 2. The van der Waals surface area contributed by atoms with E-state index in [0.29, 0.717) is 5.56 Å². The lowest BCUT2D eigenvalue weighted by atomic mass is 9.56. The molecule has 0 aromatic heterocycles. The highest BCUT2D eigenvalue weighted by Crippen LogP contribution is 2.66. The molecule has 16 heteroatoms. The number of allylic oxidation sites excluding steroid dienone is 2. The second kappa shape index (κ2) is 11.9. The number of halogens is 7. The van der Waals surface area contributed by atoms with Crippen LogP contribution in [0.25, 0.3) is 0 Å². The molecule has 3 fully saturated rings. The SMILES string of the molecule is COc1ccc([C@H]2C3=CC[C@@H]4C(=O)N(CCc5ccc(O)cc5)C(=O)[C@@H]4[C@@H]3C[C@@]3(Cl)C(=O)N(c4c(F)c(F)c(F)c(F)c4F)C(=O)[C@@]23Cl)cc1O. The average molecular weight is 751 g/mol. The Kier molecular flexibility index (Phi) is 8.14. The summed E-state index contributed by atoms with van der Waals surface area (Å²) < 4.78 is 78.4. The van der Waals surface area contributed by atoms with Gasteiger partial charge in [-0.15, -0.1) is 23.2 Å². The largest absolute Gasteiger partial charge is 0.508 e. The smallest absolute Gasteiger partial charge is 0.258 e. The first-order chi connectivity index (χ1) is 24.1. The molecule has 0 spiro atoms. The van der Waals surface area contributed by atoms with Crippen LogP contribution in [0.4, 0.5) is 27.6 Å². The Bertz CT molecular complexity index is 2070. The molecule has 0 bridgehead atoms. The van der Waals surface area contributed by atoms with Crippen LogP contribution in [-0.4, -0.2) is 62.1 Å². The van der Waals surface area contributed by atoms with Crippen LogP contribution in [0.3, 0.4) is 0 Å². The summed E-state index contributed by atoms with van der Waals surface area (Å²) in [6.07, 6.45) is 1.13. The number of rotatable bonds is 6. The molecular formula is C35H25Cl2F5N2O7. The number of hydrogen-bond donors (Lipinski definition) is 2. The number of nitrogens with zero attached hydrogens (tertiary/aromatic N) is 2. The highest BCUT2D eigenvalue weighted by Gasteiger charge is 2.77. The average Bonchev–Trinajstić information content (AvgIpc) is 3.43. The zero-order valence-electron chi connectivity index (χ0n) is 26.2. The third-order valence-electron chi connectivity index (χ3n) is 10.4. The lowest BCUT2D eigenvalue weighted by molar-refractivity contribution is -0.140. The van der Waals surface area contributed by atoms with Gasteiger partial charge in [0.25, 0.3) is 11.8 Å². The summed E-state index contributed by atoms with van der Waals surface area (Å²) in [7, 11) is 1.26. The van der Waals surface area contributed by atoms with E-state index in [1.54, 1.807) is 18.2 Å². The molecule has 2 N–H and O–H groups in total. The zero-order valence-corrected chi connectivity index (χ0v) is 27.7. The Morgan fingerprint density at radius 3 is 2.08 bits per heavy atom. The third-order valence-corrected chi connectivity index (χ3v) is 11.8. The van der Waals surface area contributed by atoms with Crippen LogP contribution in [0, 0.1) is 46.8 Å². The van der Waals surface area contributed by atoms with E-state index in [1.165, 1.54) is 31.4 Å². The van der Waals surface area contributed by atoms with E-state index in [2.05, 4.69) is 0 Å². The molecule has 2 aliphatic carbocycles. The minimum absolute atomic E-state index is 0.0118. The van der Waals surface area contributed by atoms with Gasteiger partial charge < -0.3 is 14.9 Å². The number of phenols is 2. The number of benzene rings is 3. The number of methoxy groups -OCH3 is 1. The normalized spacial score (nSPS) is 28.5. The van der Waals surface area contributed by atoms with Crippen molar-refractivity contribution in [2.75, 3.05) is 18.6 Å². The predicted molar refractivity (Wildman–Crippen MR) is 170 cm³/mol. The molecule has 0 radical (unpaired) electrons. The summed E-state index contributed by atoms with van der Waals surface area (Å²) in [5.41, 5.74) is -0.887. The van der Waals surface area contributed by atoms with Crippen molar-refractivity contribution in [3.63, 3.8) is 0 Å². The first kappa shape index (κ1) is 34.7. The summed E-state index contributed by atoms with van der Waals surface area (Å²) in [4.78, 5) is 51.8. The molecule has 9 nitrogen and oxygen atoms in total. The number of carbonyl (C=O) groups is 4. The molecular weight excluding hydrogens is 726 g/mol. The van der Waals surface area contributed by atoms with Gasteiger partial charge in [0.15, 0.2) is 44.5 Å². The van der Waals surface area contributed by atoms with E-state index < -0.39 is 104 Å². The number of hydrogen-bond acceptors (Lipinski definition) is 7. The molecule has 51 heavy (non-hydrogen) atoms. The summed E-state index contributed by atoms with van der Waals surface area (Å²) in [5.74, 6) is -21.8. The Morgan fingerprint density at radius 2 is 1.47 bits per heavy atom. The second-order valence-electron chi connectivity index (χ2n) is 12.9. The molecule has 7 rings (SSSR count). The lowest BCUT2D eigenvalue weighted by Gasteiger charge is -2.50. The zero-order chi connectivity index (χ0) is 36.9. The van der Waals surface area contributed by atoms with Crippen molar-refractivity contribution in [1.82, 2.24) is 4.90 Å². The molecule has 4 amide bonds. The Hall–Kier alpha value is -4.69. The number of phenolic OH excluding ortho intramolecular Hbond substituents is 2. The summed E-state index contributed by atoms with van der Waals surface area (Å²) in [6.45, 7) is -0.0375. The summed E-state index contributed by atoms with van der Waals surface area (Å²) in [6, 6.07) is 9.96. The van der Waals surface area contributed by atoms with Crippen LogP contribution in [0.15, 0.2) is 54.1 Å². The van der Waals surface area contributed by atoms with Crippen molar-refractivity contribution < 1.29 is 56.1 Å². The van der Waals surface area contributed by atoms with Gasteiger partial charge >= 0.3 is 0 Å². The molecule has 6 atom stereocenters. The molecule has 1 saturated carbocycles. The number of fused-ring (bicyclic) bond motifs is 4. The number of alkyl halides is 2. The van der Waals surface area contributed by atoms with Crippen molar-refractivity contribution in [3.8, 4) is 17.2 Å². The van der Waals surface area contributed by atoms with Crippen LogP contribution >= 0.6 is 23.2 Å². The third kappa shape index (κ3) is 4.71. The van der Waals surface area contributed by atoms with Crippen molar-refractivity contribution in [1.29, 1.82) is 0 Å². The van der Waals surface area contributed by atoms with Gasteiger partial charge in [-0.05, 0) is 60.6 Å². The maximum Gasteiger partial charge on any atom is 0.258 e. The number of amides is 4. The summed E-state index contributed by atoms with van der Waals surface area (Å²) in [5, 5.41) is 20.3. The Balaban J connectivity index is 1.36. The highest BCUT2D eigenvalue weighted by atomic mass is 35.5. The molecule has 4 aliphatic rings. The number of anilines is 1. The van der Waals surface area contributed by atoms with Crippen molar-refractivity contribution >= 4 is 52.5 Å². The number of ether oxygens (including phenoxy) is 1. The lowest BCUT2D eigenvalue weighted by Crippen LogP contribution is -2.60. The van der Waals surface area contributed by atoms with Crippen molar-refractivity contribution in [3.05, 3.63) is 94.3 Å². The highest BCUT2D eigenvalue weighted by molar-refractivity contribution is 6.58. The van der Waals surface area contributed by atoms with Gasteiger partial charge in [0.05, 0.1) is 18.9 Å². The summed E-state index contributed by atoms with van der Waals surface area (Å²) >= 11 is 14.2. The molecule has 3 aromatic carbocycles. The molecule has 0 unspecified atom stereocenters. The van der Waals surface area contributed by atoms with E-state index in [-0.39, 0.29) is 46.9 Å². The predicted octanol–water partition coefficient (Wildman–Crippen LogP) is 5.61. The van der Waals surface area contributed by atoms with Gasteiger partial charge in [-0.25, -0.2) is 26.9 Å². The van der Waals surface area contributed by atoms with Crippen LogP contribution in [0.2, 0.25) is 0 Å². The maximum atomic E-state index is 15.2. The van der Waals surface area contributed by atoms with E-state index >= 15 is 8.78 Å². The van der Waals surface area contributed by atoms with Crippen LogP contribution in [0.5, 0.6) is 17.2 Å². The first-order valence-electron chi connectivity index (χ1n) is 15.6. The fourth-order valence-corrected chi connectivity index (χ4v) is 8.95. The van der Waals surface area contributed by atoms with Crippen molar-refractivity contribution in [2.45, 2.75) is 34.9 Å². The molecule has 266 valence electrons. The molecule has 2 saturated heterocycles. The first-order valence-corrected chi connectivity index (χ1v) is 16.3. The molecule has 2 aliphatic heterocycles. The van der Waals surface area contributed by atoms with Gasteiger partial charge in [-0.2, -0.15) is 0 Å². The van der Waals surface area contributed by atoms with Gasteiger partial charge in [0.1, 0.15) is 11.4 Å². The number of likely N-dealkylation sites (tertiary alicyclic amines) is 1. The topological polar surface area (TPSA) is 124 Å². The minimum atomic E-state index is -2.72. The Morgan fingerprint density at radius 1 is 0.843 bits per heavy atom. The minimum Gasteiger partial charge on any atom is -0.508 e. The van der Waals surface area contributed by atoms with E-state index in [9.17, 15) is 42.6 Å². The van der Waals surface area contributed by atoms with Crippen LogP contribution in [-0.2, 0) is 25.6 Å². The standard InChI is InChI=1S/C35H25Cl2F5N2O7/c1-51-21-9-4-15(12-20(21)46)23-17-7-8-18-22(31(48)43(30(18)47)11-10-14-2-5-16(45)6-3-14)19(17)13-34(36)32(49)44(33(50)35(23,34)37)29-27(41)25(39)24(38)26(40)28(29)42/h2-7,9,12,18-19,22-23,45-46H,8,10-11,13H2,1H3/t18-,19+,22-,23-,34+,35-/m0/s1. The second-order valence-corrected chi connectivity index (χ2v) is 14.1. The van der Waals surface area contributed by atoms with Crippen LogP contribution < -0.4 is 9.64 Å². The quantitative estimate of drug-likeness (QED) is 0.0839.